The van der Waals surface area contributed by atoms with Crippen molar-refractivity contribution in [2.75, 3.05) is 44.2 Å². The number of anilines is 1. The molecule has 0 saturated carbocycles. The molecule has 28 heavy (non-hydrogen) atoms. The molecule has 4 rings (SSSR count). The topological polar surface area (TPSA) is 43.9 Å². The number of piperazine rings is 1. The van der Waals surface area contributed by atoms with E-state index >= 15 is 0 Å². The van der Waals surface area contributed by atoms with Crippen molar-refractivity contribution in [1.82, 2.24) is 9.80 Å². The maximum Gasteiger partial charge on any atom is 0.241 e. The van der Waals surface area contributed by atoms with Gasteiger partial charge in [-0.3, -0.25) is 14.5 Å². The number of rotatable bonds is 4. The number of benzene rings is 2. The average molecular weight is 398 g/mol. The Kier molecular flexibility index (Phi) is 5.64. The molecule has 0 unspecified atom stereocenters. The smallest absolute Gasteiger partial charge is 0.241 e. The van der Waals surface area contributed by atoms with Crippen LogP contribution in [0.15, 0.2) is 48.5 Å². The van der Waals surface area contributed by atoms with Crippen molar-refractivity contribution in [2.45, 2.75) is 12.8 Å². The molecule has 5 nitrogen and oxygen atoms in total. The first-order valence-corrected chi connectivity index (χ1v) is 10.1. The Morgan fingerprint density at radius 2 is 1.57 bits per heavy atom. The normalized spacial score (nSPS) is 16.9. The summed E-state index contributed by atoms with van der Waals surface area (Å²) in [7, 11) is 0. The third-order valence-corrected chi connectivity index (χ3v) is 5.94. The lowest BCUT2D eigenvalue weighted by Gasteiger charge is -2.35. The van der Waals surface area contributed by atoms with Crippen molar-refractivity contribution in [3.05, 3.63) is 64.7 Å². The molecule has 1 saturated heterocycles. The van der Waals surface area contributed by atoms with E-state index in [-0.39, 0.29) is 11.8 Å². The van der Waals surface area contributed by atoms with Crippen molar-refractivity contribution < 1.29 is 9.59 Å². The molecule has 6 heteroatoms. The Labute approximate surface area is 170 Å². The van der Waals surface area contributed by atoms with Crippen LogP contribution in [0.4, 0.5) is 5.69 Å². The molecule has 146 valence electrons. The van der Waals surface area contributed by atoms with Crippen LogP contribution in [0.25, 0.3) is 0 Å². The second kappa shape index (κ2) is 8.33. The van der Waals surface area contributed by atoms with Crippen molar-refractivity contribution in [3.63, 3.8) is 0 Å². The molecule has 2 aromatic carbocycles. The molecule has 0 spiro atoms. The fourth-order valence-corrected chi connectivity index (χ4v) is 4.15. The molecular weight excluding hydrogens is 374 g/mol. The number of amides is 2. The SMILES string of the molecule is O=C(Cc1ccccc1Cl)N1CCN(CC(=O)N2CCc3ccccc32)CC1. The minimum atomic E-state index is 0.0903. The number of hydrogen-bond acceptors (Lipinski definition) is 3. The van der Waals surface area contributed by atoms with Crippen LogP contribution in [0.3, 0.4) is 0 Å². The van der Waals surface area contributed by atoms with Crippen LogP contribution in [-0.2, 0) is 22.4 Å². The van der Waals surface area contributed by atoms with E-state index in [1.54, 1.807) is 0 Å². The highest BCUT2D eigenvalue weighted by Crippen LogP contribution is 2.27. The third-order valence-electron chi connectivity index (χ3n) is 5.57. The van der Waals surface area contributed by atoms with Gasteiger partial charge in [0.2, 0.25) is 11.8 Å². The quantitative estimate of drug-likeness (QED) is 0.796. The molecule has 1 fully saturated rings. The van der Waals surface area contributed by atoms with Crippen LogP contribution >= 0.6 is 11.6 Å². The van der Waals surface area contributed by atoms with Gasteiger partial charge in [-0.25, -0.2) is 0 Å². The van der Waals surface area contributed by atoms with Gasteiger partial charge < -0.3 is 9.80 Å². The largest absolute Gasteiger partial charge is 0.340 e. The van der Waals surface area contributed by atoms with Crippen LogP contribution in [-0.4, -0.2) is 60.9 Å². The number of halogens is 1. The Morgan fingerprint density at radius 1 is 0.857 bits per heavy atom. The van der Waals surface area contributed by atoms with Gasteiger partial charge in [0.05, 0.1) is 13.0 Å². The first-order chi connectivity index (χ1) is 13.6. The summed E-state index contributed by atoms with van der Waals surface area (Å²) < 4.78 is 0. The average Bonchev–Trinajstić information content (AvgIpc) is 3.14. The number of fused-ring (bicyclic) bond motifs is 1. The summed E-state index contributed by atoms with van der Waals surface area (Å²) in [6.45, 7) is 3.89. The Bertz CT molecular complexity index is 878. The molecule has 2 aliphatic rings. The van der Waals surface area contributed by atoms with E-state index in [4.69, 9.17) is 11.6 Å². The summed E-state index contributed by atoms with van der Waals surface area (Å²) in [4.78, 5) is 31.2. The van der Waals surface area contributed by atoms with Gasteiger partial charge in [-0.2, -0.15) is 0 Å². The third kappa shape index (κ3) is 4.05. The summed E-state index contributed by atoms with van der Waals surface area (Å²) in [5.74, 6) is 0.230. The standard InChI is InChI=1S/C22H24ClN3O2/c23-19-7-3-1-6-18(19)15-21(27)25-13-11-24(12-14-25)16-22(28)26-10-9-17-5-2-4-8-20(17)26/h1-8H,9-16H2. The van der Waals surface area contributed by atoms with Gasteiger partial charge >= 0.3 is 0 Å². The van der Waals surface area contributed by atoms with E-state index in [9.17, 15) is 9.59 Å². The number of carbonyl (C=O) groups excluding carboxylic acids is 2. The summed E-state index contributed by atoms with van der Waals surface area (Å²) >= 11 is 6.16. The molecule has 2 aliphatic heterocycles. The zero-order valence-electron chi connectivity index (χ0n) is 15.8. The minimum Gasteiger partial charge on any atom is -0.340 e. The highest BCUT2D eigenvalue weighted by molar-refractivity contribution is 6.31. The lowest BCUT2D eigenvalue weighted by molar-refractivity contribution is -0.132. The number of nitrogens with zero attached hydrogens (tertiary/aromatic N) is 3. The molecular formula is C22H24ClN3O2. The van der Waals surface area contributed by atoms with E-state index in [1.807, 2.05) is 52.3 Å². The van der Waals surface area contributed by atoms with Gasteiger partial charge in [-0.1, -0.05) is 48.0 Å². The Balaban J connectivity index is 1.28. The Hall–Kier alpha value is -2.37. The van der Waals surface area contributed by atoms with Gasteiger partial charge in [-0.05, 0) is 29.7 Å². The number of carbonyl (C=O) groups is 2. The lowest BCUT2D eigenvalue weighted by Crippen LogP contribution is -2.51. The molecule has 0 N–H and O–H groups in total. The van der Waals surface area contributed by atoms with Crippen molar-refractivity contribution >= 4 is 29.1 Å². The van der Waals surface area contributed by atoms with Crippen molar-refractivity contribution in [2.24, 2.45) is 0 Å². The fourth-order valence-electron chi connectivity index (χ4n) is 3.95. The van der Waals surface area contributed by atoms with Crippen molar-refractivity contribution in [1.29, 1.82) is 0 Å². The zero-order chi connectivity index (χ0) is 19.5. The van der Waals surface area contributed by atoms with Crippen LogP contribution in [0.2, 0.25) is 5.02 Å². The van der Waals surface area contributed by atoms with E-state index in [1.165, 1.54) is 5.56 Å². The van der Waals surface area contributed by atoms with Gasteiger partial charge in [0.15, 0.2) is 0 Å². The predicted molar refractivity (Wildman–Crippen MR) is 111 cm³/mol. The monoisotopic (exact) mass is 397 g/mol. The minimum absolute atomic E-state index is 0.0903. The van der Waals surface area contributed by atoms with Gasteiger partial charge in [-0.15, -0.1) is 0 Å². The molecule has 0 aliphatic carbocycles. The molecule has 2 amide bonds. The second-order valence-corrected chi connectivity index (χ2v) is 7.76. The molecule has 0 bridgehead atoms. The molecule has 2 aromatic rings. The van der Waals surface area contributed by atoms with E-state index in [2.05, 4.69) is 11.0 Å². The van der Waals surface area contributed by atoms with E-state index < -0.39 is 0 Å². The lowest BCUT2D eigenvalue weighted by atomic mass is 10.1. The second-order valence-electron chi connectivity index (χ2n) is 7.35. The molecule has 0 radical (unpaired) electrons. The molecule has 2 heterocycles. The van der Waals surface area contributed by atoms with E-state index in [0.717, 1.165) is 37.3 Å². The summed E-state index contributed by atoms with van der Waals surface area (Å²) in [6, 6.07) is 15.6. The summed E-state index contributed by atoms with van der Waals surface area (Å²) in [5, 5.41) is 0.631. The highest BCUT2D eigenvalue weighted by Gasteiger charge is 2.28. The van der Waals surface area contributed by atoms with Gasteiger partial charge in [0.1, 0.15) is 0 Å². The maximum atomic E-state index is 12.8. The van der Waals surface area contributed by atoms with Crippen LogP contribution in [0.1, 0.15) is 11.1 Å². The fraction of sp³-hybridized carbons (Fsp3) is 0.364. The Morgan fingerprint density at radius 3 is 2.36 bits per heavy atom. The van der Waals surface area contributed by atoms with E-state index in [0.29, 0.717) is 31.1 Å². The predicted octanol–water partition coefficient (Wildman–Crippen LogP) is 2.62. The van der Waals surface area contributed by atoms with Crippen LogP contribution in [0.5, 0.6) is 0 Å². The van der Waals surface area contributed by atoms with Gasteiger partial charge in [0, 0.05) is 43.4 Å². The summed E-state index contributed by atoms with van der Waals surface area (Å²) in [5.41, 5.74) is 3.14. The van der Waals surface area contributed by atoms with Crippen LogP contribution < -0.4 is 4.90 Å². The van der Waals surface area contributed by atoms with Crippen molar-refractivity contribution in [3.8, 4) is 0 Å². The highest BCUT2D eigenvalue weighted by atomic mass is 35.5. The zero-order valence-corrected chi connectivity index (χ0v) is 16.6. The first kappa shape index (κ1) is 19.0. The van der Waals surface area contributed by atoms with Gasteiger partial charge in [0.25, 0.3) is 0 Å². The summed E-state index contributed by atoms with van der Waals surface area (Å²) in [6.07, 6.45) is 1.25. The maximum absolute atomic E-state index is 12.8. The number of para-hydroxylation sites is 1. The van der Waals surface area contributed by atoms with Crippen LogP contribution in [0, 0.1) is 0 Å². The molecule has 0 aromatic heterocycles. The first-order valence-electron chi connectivity index (χ1n) is 9.73. The molecule has 0 atom stereocenters. The number of hydrogen-bond donors (Lipinski definition) is 0.